The summed E-state index contributed by atoms with van der Waals surface area (Å²) in [5, 5.41) is 4.43. The van der Waals surface area contributed by atoms with Crippen molar-refractivity contribution in [1.82, 2.24) is 29.5 Å². The molecular weight excluding hydrogens is 472 g/mol. The van der Waals surface area contributed by atoms with Crippen LogP contribution >= 0.6 is 0 Å². The standard InChI is InChI=1S/C31H40N6O/c1-19(2)27-28(24-15-37-30(32-18-33-37)21(4)20(24)3)35-26-10-9-25(34-29(26)27)22-5-7-23(8-6-22)36-13-11-31(16-36)12-14-38-17-31/h9-10,15,18-19,22-23,35H,5-8,11-14,16-17H2,1-4H3. The van der Waals surface area contributed by atoms with E-state index in [1.54, 1.807) is 6.33 Å². The molecule has 7 heteroatoms. The number of hydrogen-bond acceptors (Lipinski definition) is 5. The van der Waals surface area contributed by atoms with Gasteiger partial charge in [0.2, 0.25) is 0 Å². The molecule has 1 N–H and O–H groups in total. The van der Waals surface area contributed by atoms with Gasteiger partial charge in [-0.2, -0.15) is 5.10 Å². The van der Waals surface area contributed by atoms with Crippen molar-refractivity contribution in [3.8, 4) is 11.3 Å². The zero-order valence-corrected chi connectivity index (χ0v) is 23.3. The van der Waals surface area contributed by atoms with Crippen LogP contribution in [0.15, 0.2) is 24.7 Å². The number of nitrogens with zero attached hydrogens (tertiary/aromatic N) is 5. The van der Waals surface area contributed by atoms with Crippen LogP contribution < -0.4 is 0 Å². The first-order valence-corrected chi connectivity index (χ1v) is 14.6. The van der Waals surface area contributed by atoms with E-state index < -0.39 is 0 Å². The second kappa shape index (κ2) is 9.16. The molecule has 1 unspecified atom stereocenters. The molecule has 7 nitrogen and oxygen atoms in total. The van der Waals surface area contributed by atoms with Gasteiger partial charge in [-0.25, -0.2) is 9.50 Å². The van der Waals surface area contributed by atoms with Crippen molar-refractivity contribution in [2.75, 3.05) is 26.3 Å². The van der Waals surface area contributed by atoms with Crippen molar-refractivity contribution in [2.24, 2.45) is 5.41 Å². The molecule has 0 amide bonds. The quantitative estimate of drug-likeness (QED) is 0.355. The van der Waals surface area contributed by atoms with Crippen LogP contribution in [-0.4, -0.2) is 61.8 Å². The third kappa shape index (κ3) is 3.89. The minimum Gasteiger partial charge on any atom is -0.381 e. The number of fused-ring (bicyclic) bond motifs is 2. The first-order valence-electron chi connectivity index (χ1n) is 14.6. The highest BCUT2D eigenvalue weighted by Crippen LogP contribution is 2.43. The predicted octanol–water partition coefficient (Wildman–Crippen LogP) is 6.15. The van der Waals surface area contributed by atoms with E-state index in [-0.39, 0.29) is 0 Å². The third-order valence-electron chi connectivity index (χ3n) is 9.96. The molecule has 1 spiro atoms. The largest absolute Gasteiger partial charge is 0.381 e. The number of H-pyrrole nitrogens is 1. The number of aromatic amines is 1. The Labute approximate surface area is 225 Å². The third-order valence-corrected chi connectivity index (χ3v) is 9.96. The Hall–Kier alpha value is -2.77. The summed E-state index contributed by atoms with van der Waals surface area (Å²) >= 11 is 0. The number of rotatable bonds is 4. The van der Waals surface area contributed by atoms with E-state index in [0.29, 0.717) is 17.3 Å². The van der Waals surface area contributed by atoms with Gasteiger partial charge in [-0.15, -0.1) is 0 Å². The molecule has 38 heavy (non-hydrogen) atoms. The fraction of sp³-hybridized carbons (Fsp3) is 0.581. The van der Waals surface area contributed by atoms with E-state index in [2.05, 4.69) is 66.0 Å². The van der Waals surface area contributed by atoms with Gasteiger partial charge >= 0.3 is 0 Å². The smallest absolute Gasteiger partial charge is 0.158 e. The van der Waals surface area contributed by atoms with E-state index in [0.717, 1.165) is 35.9 Å². The van der Waals surface area contributed by atoms with Gasteiger partial charge in [-0.1, -0.05) is 13.8 Å². The number of aromatic nitrogens is 5. The Kier molecular flexibility index (Phi) is 5.85. The number of likely N-dealkylation sites (tertiary alicyclic amines) is 1. The van der Waals surface area contributed by atoms with E-state index in [4.69, 9.17) is 9.72 Å². The van der Waals surface area contributed by atoms with Crippen molar-refractivity contribution in [2.45, 2.75) is 84.1 Å². The van der Waals surface area contributed by atoms with E-state index in [1.807, 2.05) is 4.52 Å². The van der Waals surface area contributed by atoms with E-state index in [9.17, 15) is 0 Å². The van der Waals surface area contributed by atoms with Gasteiger partial charge in [-0.05, 0) is 88.1 Å². The topological polar surface area (TPSA) is 71.3 Å². The molecule has 0 aromatic carbocycles. The van der Waals surface area contributed by atoms with Gasteiger partial charge in [-0.3, -0.25) is 9.88 Å². The molecule has 1 atom stereocenters. The number of ether oxygens (including phenoxy) is 1. The van der Waals surface area contributed by atoms with Crippen LogP contribution in [-0.2, 0) is 4.74 Å². The van der Waals surface area contributed by atoms with Crippen molar-refractivity contribution in [3.05, 3.63) is 47.0 Å². The van der Waals surface area contributed by atoms with Crippen molar-refractivity contribution >= 4 is 16.7 Å². The summed E-state index contributed by atoms with van der Waals surface area (Å²) in [5.74, 6) is 0.904. The van der Waals surface area contributed by atoms with Crippen LogP contribution in [0.4, 0.5) is 0 Å². The van der Waals surface area contributed by atoms with Gasteiger partial charge in [0, 0.05) is 53.5 Å². The molecule has 7 rings (SSSR count). The second-order valence-corrected chi connectivity index (χ2v) is 12.6. The highest BCUT2D eigenvalue weighted by atomic mass is 16.5. The lowest BCUT2D eigenvalue weighted by Crippen LogP contribution is -2.38. The minimum absolute atomic E-state index is 0.352. The van der Waals surface area contributed by atoms with Gasteiger partial charge in [0.25, 0.3) is 0 Å². The van der Waals surface area contributed by atoms with Crippen LogP contribution in [0, 0.1) is 19.3 Å². The normalized spacial score (nSPS) is 26.6. The summed E-state index contributed by atoms with van der Waals surface area (Å²) in [6.45, 7) is 13.3. The first-order chi connectivity index (χ1) is 18.4. The molecule has 0 bridgehead atoms. The maximum atomic E-state index is 5.77. The number of pyridine rings is 2. The molecule has 6 heterocycles. The van der Waals surface area contributed by atoms with Crippen molar-refractivity contribution in [3.63, 3.8) is 0 Å². The highest BCUT2D eigenvalue weighted by molar-refractivity contribution is 5.89. The molecule has 1 aliphatic carbocycles. The summed E-state index contributed by atoms with van der Waals surface area (Å²) in [5.41, 5.74) is 11.0. The lowest BCUT2D eigenvalue weighted by Gasteiger charge is -2.35. The van der Waals surface area contributed by atoms with Gasteiger partial charge < -0.3 is 9.72 Å². The summed E-state index contributed by atoms with van der Waals surface area (Å²) in [6, 6.07) is 5.27. The Morgan fingerprint density at radius 3 is 2.68 bits per heavy atom. The predicted molar refractivity (Wildman–Crippen MR) is 151 cm³/mol. The fourth-order valence-electron chi connectivity index (χ4n) is 7.55. The van der Waals surface area contributed by atoms with Gasteiger partial charge in [0.15, 0.2) is 5.65 Å². The van der Waals surface area contributed by atoms with Gasteiger partial charge in [0.05, 0.1) is 23.3 Å². The minimum atomic E-state index is 0.352. The molecular formula is C31H40N6O. The molecule has 2 aliphatic heterocycles. The molecule has 4 aromatic rings. The molecule has 1 saturated carbocycles. The Bertz CT molecular complexity index is 1490. The first kappa shape index (κ1) is 24.3. The maximum Gasteiger partial charge on any atom is 0.158 e. The zero-order chi connectivity index (χ0) is 26.0. The Balaban J connectivity index is 1.16. The van der Waals surface area contributed by atoms with E-state index in [1.165, 1.54) is 85.3 Å². The Morgan fingerprint density at radius 2 is 1.92 bits per heavy atom. The SMILES string of the molecule is Cc1c(-c2[nH]c3ccc(C4CCC(N5CCC6(CCOC6)C5)CC4)nc3c2C(C)C)cn2ncnc2c1C. The average molecular weight is 513 g/mol. The maximum absolute atomic E-state index is 5.77. The van der Waals surface area contributed by atoms with Crippen LogP contribution in [0.5, 0.6) is 0 Å². The highest BCUT2D eigenvalue weighted by Gasteiger charge is 2.43. The monoisotopic (exact) mass is 512 g/mol. The van der Waals surface area contributed by atoms with Gasteiger partial charge in [0.1, 0.15) is 6.33 Å². The lowest BCUT2D eigenvalue weighted by molar-refractivity contribution is 0.132. The van der Waals surface area contributed by atoms with Crippen LogP contribution in [0.25, 0.3) is 27.9 Å². The zero-order valence-electron chi connectivity index (χ0n) is 23.3. The molecule has 2 saturated heterocycles. The second-order valence-electron chi connectivity index (χ2n) is 12.6. The van der Waals surface area contributed by atoms with Crippen LogP contribution in [0.1, 0.15) is 86.6 Å². The molecule has 4 aromatic heterocycles. The van der Waals surface area contributed by atoms with Crippen LogP contribution in [0.2, 0.25) is 0 Å². The summed E-state index contributed by atoms with van der Waals surface area (Å²) in [6.07, 6.45) is 11.4. The summed E-state index contributed by atoms with van der Waals surface area (Å²) < 4.78 is 7.66. The summed E-state index contributed by atoms with van der Waals surface area (Å²) in [7, 11) is 0. The molecule has 0 radical (unpaired) electrons. The fourth-order valence-corrected chi connectivity index (χ4v) is 7.55. The number of hydrogen-bond donors (Lipinski definition) is 1. The molecule has 200 valence electrons. The number of aryl methyl sites for hydroxylation is 1. The molecule has 3 aliphatic rings. The van der Waals surface area contributed by atoms with Crippen LogP contribution in [0.3, 0.4) is 0 Å². The van der Waals surface area contributed by atoms with Crippen molar-refractivity contribution in [1.29, 1.82) is 0 Å². The van der Waals surface area contributed by atoms with E-state index >= 15 is 0 Å². The Morgan fingerprint density at radius 1 is 1.08 bits per heavy atom. The lowest BCUT2D eigenvalue weighted by atomic mass is 9.82. The summed E-state index contributed by atoms with van der Waals surface area (Å²) in [4.78, 5) is 16.3. The number of nitrogens with one attached hydrogen (secondary N) is 1. The molecule has 3 fully saturated rings. The van der Waals surface area contributed by atoms with Crippen molar-refractivity contribution < 1.29 is 4.74 Å². The average Bonchev–Trinajstić information content (AvgIpc) is 3.73.